The van der Waals surface area contributed by atoms with Gasteiger partial charge in [-0.05, 0) is 42.8 Å². The van der Waals surface area contributed by atoms with Crippen LogP contribution in [0.15, 0.2) is 66.7 Å². The van der Waals surface area contributed by atoms with Gasteiger partial charge in [0, 0.05) is 11.6 Å². The Bertz CT molecular complexity index is 1270. The van der Waals surface area contributed by atoms with Gasteiger partial charge in [-0.15, -0.1) is 0 Å². The number of rotatable bonds is 8. The fourth-order valence-corrected chi connectivity index (χ4v) is 3.62. The highest BCUT2D eigenvalue weighted by molar-refractivity contribution is 6.04. The minimum Gasteiger partial charge on any atom is -0.482 e. The van der Waals surface area contributed by atoms with Gasteiger partial charge in [0.05, 0.1) is 11.7 Å². The van der Waals surface area contributed by atoms with Crippen molar-refractivity contribution < 1.29 is 32.6 Å². The van der Waals surface area contributed by atoms with Crippen LogP contribution in [0.4, 0.5) is 14.5 Å². The number of ether oxygens (including phenoxy) is 2. The molecule has 0 saturated heterocycles. The maximum atomic E-state index is 13.8. The zero-order valence-electron chi connectivity index (χ0n) is 18.8. The summed E-state index contributed by atoms with van der Waals surface area (Å²) in [5.74, 6) is -2.93. The molecular formula is C26H22F2N2O5. The molecule has 1 heterocycles. The zero-order chi connectivity index (χ0) is 24.9. The average Bonchev–Trinajstić information content (AvgIpc) is 2.85. The molecule has 0 unspecified atom stereocenters. The maximum Gasteiger partial charge on any atom is 0.265 e. The van der Waals surface area contributed by atoms with Crippen LogP contribution in [0.3, 0.4) is 0 Å². The second-order valence-corrected chi connectivity index (χ2v) is 7.94. The first-order valence-electron chi connectivity index (χ1n) is 10.8. The van der Waals surface area contributed by atoms with Gasteiger partial charge in [-0.2, -0.15) is 0 Å². The molecule has 4 rings (SSSR count). The zero-order valence-corrected chi connectivity index (χ0v) is 18.8. The first kappa shape index (κ1) is 23.9. The fraction of sp³-hybridized carbons (Fsp3) is 0.192. The molecule has 0 radical (unpaired) electrons. The number of nitrogens with zero attached hydrogens (tertiary/aromatic N) is 1. The van der Waals surface area contributed by atoms with Crippen LogP contribution in [0.2, 0.25) is 0 Å². The van der Waals surface area contributed by atoms with E-state index < -0.39 is 29.9 Å². The van der Waals surface area contributed by atoms with Crippen molar-refractivity contribution >= 4 is 23.3 Å². The Hall–Kier alpha value is -4.27. The van der Waals surface area contributed by atoms with Crippen molar-refractivity contribution in [3.63, 3.8) is 0 Å². The number of halogens is 2. The summed E-state index contributed by atoms with van der Waals surface area (Å²) in [4.78, 5) is 39.1. The summed E-state index contributed by atoms with van der Waals surface area (Å²) in [5.41, 5.74) is 1.36. The molecule has 1 aliphatic heterocycles. The molecular weight excluding hydrogens is 458 g/mol. The van der Waals surface area contributed by atoms with Crippen molar-refractivity contribution in [1.82, 2.24) is 5.32 Å². The summed E-state index contributed by atoms with van der Waals surface area (Å²) in [6.45, 7) is 0.824. The minimum atomic E-state index is -0.927. The second kappa shape index (κ2) is 10.3. The van der Waals surface area contributed by atoms with E-state index in [4.69, 9.17) is 9.47 Å². The fourth-order valence-electron chi connectivity index (χ4n) is 3.62. The molecule has 1 aliphatic rings. The SMILES string of the molecule is C[C@@H](NC(=O)CN1C(=O)COc2ccc(C(=O)COc3ccc(F)cc3F)cc21)c1ccccc1. The van der Waals surface area contributed by atoms with Gasteiger partial charge in [-0.25, -0.2) is 8.78 Å². The van der Waals surface area contributed by atoms with E-state index in [0.717, 1.165) is 17.7 Å². The highest BCUT2D eigenvalue weighted by Crippen LogP contribution is 2.33. The number of hydrogen-bond donors (Lipinski definition) is 1. The van der Waals surface area contributed by atoms with Gasteiger partial charge in [0.25, 0.3) is 5.91 Å². The largest absolute Gasteiger partial charge is 0.482 e. The number of carbonyl (C=O) groups excluding carboxylic acids is 3. The molecule has 0 spiro atoms. The van der Waals surface area contributed by atoms with Crippen LogP contribution in [-0.4, -0.2) is 37.4 Å². The molecule has 0 aliphatic carbocycles. The molecule has 9 heteroatoms. The molecule has 3 aromatic rings. The van der Waals surface area contributed by atoms with Crippen LogP contribution in [-0.2, 0) is 9.59 Å². The standard InChI is InChI=1S/C26H22F2N2O5/c1-16(17-5-3-2-4-6-17)29-25(32)13-30-21-11-18(7-9-24(21)35-15-26(30)33)22(31)14-34-23-10-8-19(27)12-20(23)28/h2-12,16H,13-15H2,1H3,(H,29,32)/t16-/m1/s1. The van der Waals surface area contributed by atoms with E-state index in [9.17, 15) is 23.2 Å². The van der Waals surface area contributed by atoms with Crippen molar-refractivity contribution in [2.24, 2.45) is 0 Å². The lowest BCUT2D eigenvalue weighted by molar-refractivity contribution is -0.125. The summed E-state index contributed by atoms with van der Waals surface area (Å²) in [7, 11) is 0. The predicted molar refractivity (Wildman–Crippen MR) is 123 cm³/mol. The molecule has 0 fully saturated rings. The normalized spacial score (nSPS) is 13.5. The van der Waals surface area contributed by atoms with E-state index in [1.54, 1.807) is 0 Å². The van der Waals surface area contributed by atoms with Crippen molar-refractivity contribution in [3.8, 4) is 11.5 Å². The van der Waals surface area contributed by atoms with Crippen LogP contribution in [0.1, 0.15) is 28.9 Å². The van der Waals surface area contributed by atoms with Crippen molar-refractivity contribution in [3.05, 3.63) is 89.5 Å². The number of carbonyl (C=O) groups is 3. The monoisotopic (exact) mass is 480 g/mol. The molecule has 2 amide bonds. The average molecular weight is 480 g/mol. The van der Waals surface area contributed by atoms with Gasteiger partial charge in [0.15, 0.2) is 30.6 Å². The van der Waals surface area contributed by atoms with Crippen LogP contribution < -0.4 is 19.7 Å². The third kappa shape index (κ3) is 5.63. The lowest BCUT2D eigenvalue weighted by Gasteiger charge is -2.29. The smallest absolute Gasteiger partial charge is 0.265 e. The molecule has 3 aromatic carbocycles. The number of benzene rings is 3. The molecule has 0 saturated carbocycles. The van der Waals surface area contributed by atoms with Gasteiger partial charge < -0.3 is 14.8 Å². The first-order chi connectivity index (χ1) is 16.8. The van der Waals surface area contributed by atoms with E-state index in [1.807, 2.05) is 37.3 Å². The Labute approximate surface area is 200 Å². The highest BCUT2D eigenvalue weighted by atomic mass is 19.1. The molecule has 1 N–H and O–H groups in total. The highest BCUT2D eigenvalue weighted by Gasteiger charge is 2.29. The number of amides is 2. The Balaban J connectivity index is 1.46. The van der Waals surface area contributed by atoms with Gasteiger partial charge in [0.1, 0.15) is 18.1 Å². The molecule has 7 nitrogen and oxygen atoms in total. The summed E-state index contributed by atoms with van der Waals surface area (Å²) in [5, 5.41) is 2.86. The third-order valence-electron chi connectivity index (χ3n) is 5.46. The number of Topliss-reactive ketones (excluding diaryl/α,β-unsaturated/α-hetero) is 1. The topological polar surface area (TPSA) is 84.9 Å². The van der Waals surface area contributed by atoms with Crippen LogP contribution >= 0.6 is 0 Å². The summed E-state index contributed by atoms with van der Waals surface area (Å²) in [6, 6.07) is 16.3. The number of hydrogen-bond acceptors (Lipinski definition) is 5. The van der Waals surface area contributed by atoms with Gasteiger partial charge in [-0.3, -0.25) is 19.3 Å². The van der Waals surface area contributed by atoms with Crippen LogP contribution in [0, 0.1) is 11.6 Å². The Kier molecular flexibility index (Phi) is 7.05. The van der Waals surface area contributed by atoms with E-state index in [2.05, 4.69) is 5.32 Å². The van der Waals surface area contributed by atoms with Crippen molar-refractivity contribution in [2.45, 2.75) is 13.0 Å². The summed E-state index contributed by atoms with van der Waals surface area (Å²) < 4.78 is 37.4. The second-order valence-electron chi connectivity index (χ2n) is 7.94. The van der Waals surface area contributed by atoms with Crippen LogP contribution in [0.5, 0.6) is 11.5 Å². The summed E-state index contributed by atoms with van der Waals surface area (Å²) in [6.07, 6.45) is 0. The van der Waals surface area contributed by atoms with E-state index >= 15 is 0 Å². The van der Waals surface area contributed by atoms with E-state index in [-0.39, 0.29) is 42.1 Å². The molecule has 180 valence electrons. The Morgan fingerprint density at radius 2 is 1.86 bits per heavy atom. The number of fused-ring (bicyclic) bond motifs is 1. The van der Waals surface area contributed by atoms with Gasteiger partial charge in [-0.1, -0.05) is 30.3 Å². The minimum absolute atomic E-state index is 0.174. The molecule has 1 atom stereocenters. The lowest BCUT2D eigenvalue weighted by Crippen LogP contribution is -2.45. The molecule has 0 bridgehead atoms. The Morgan fingerprint density at radius 1 is 1.09 bits per heavy atom. The lowest BCUT2D eigenvalue weighted by atomic mass is 10.1. The van der Waals surface area contributed by atoms with Gasteiger partial charge >= 0.3 is 0 Å². The third-order valence-corrected chi connectivity index (χ3v) is 5.46. The molecule has 35 heavy (non-hydrogen) atoms. The first-order valence-corrected chi connectivity index (χ1v) is 10.8. The van der Waals surface area contributed by atoms with E-state index in [0.29, 0.717) is 11.8 Å². The Morgan fingerprint density at radius 3 is 2.60 bits per heavy atom. The van der Waals surface area contributed by atoms with E-state index in [1.165, 1.54) is 23.1 Å². The van der Waals surface area contributed by atoms with Crippen molar-refractivity contribution in [1.29, 1.82) is 0 Å². The maximum absolute atomic E-state index is 13.8. The summed E-state index contributed by atoms with van der Waals surface area (Å²) >= 11 is 0. The number of anilines is 1. The molecule has 0 aromatic heterocycles. The van der Waals surface area contributed by atoms with Crippen LogP contribution in [0.25, 0.3) is 0 Å². The van der Waals surface area contributed by atoms with Crippen molar-refractivity contribution in [2.75, 3.05) is 24.7 Å². The number of ketones is 1. The van der Waals surface area contributed by atoms with Gasteiger partial charge in [0.2, 0.25) is 5.91 Å². The quantitative estimate of drug-likeness (QED) is 0.496. The predicted octanol–water partition coefficient (Wildman–Crippen LogP) is 3.83. The number of nitrogens with one attached hydrogen (secondary N) is 1.